The summed E-state index contributed by atoms with van der Waals surface area (Å²) in [5.41, 5.74) is 5.73. The topological polar surface area (TPSA) is 50.4 Å². The van der Waals surface area contributed by atoms with Gasteiger partial charge in [0.15, 0.2) is 5.96 Å². The lowest BCUT2D eigenvalue weighted by molar-refractivity contribution is 0.372. The Hall–Kier alpha value is -0.380. The molecule has 4 heteroatoms. The van der Waals surface area contributed by atoms with Crippen molar-refractivity contribution in [1.29, 1.82) is 0 Å². The Morgan fingerprint density at radius 1 is 1.57 bits per heavy atom. The Balaban J connectivity index is 2.29. The zero-order valence-corrected chi connectivity index (χ0v) is 9.99. The molecular formula is C10H21N3S. The maximum absolute atomic E-state index is 5.73. The van der Waals surface area contributed by atoms with Gasteiger partial charge >= 0.3 is 0 Å². The average Bonchev–Trinajstić information content (AvgIpc) is 2.14. The molecule has 14 heavy (non-hydrogen) atoms. The number of nitrogens with two attached hydrogens (primary N) is 1. The van der Waals surface area contributed by atoms with Crippen molar-refractivity contribution in [3.8, 4) is 0 Å². The predicted molar refractivity (Wildman–Crippen MR) is 64.9 cm³/mol. The van der Waals surface area contributed by atoms with Crippen LogP contribution in [0.3, 0.4) is 0 Å². The lowest BCUT2D eigenvalue weighted by Crippen LogP contribution is -2.39. The number of hydrogen-bond donors (Lipinski definition) is 2. The molecule has 0 spiro atoms. The molecule has 0 heterocycles. The summed E-state index contributed by atoms with van der Waals surface area (Å²) >= 11 is 1.93. The molecule has 82 valence electrons. The minimum Gasteiger partial charge on any atom is -0.370 e. The quantitative estimate of drug-likeness (QED) is 0.541. The SMILES string of the molecule is CCCNC(N)=NCC1(SC)CCC1. The molecule has 3 N–H and O–H groups in total. The molecule has 1 aliphatic rings. The number of thioether (sulfide) groups is 1. The van der Waals surface area contributed by atoms with Gasteiger partial charge in [0.05, 0.1) is 6.54 Å². The smallest absolute Gasteiger partial charge is 0.188 e. The summed E-state index contributed by atoms with van der Waals surface area (Å²) in [7, 11) is 0. The van der Waals surface area contributed by atoms with Gasteiger partial charge in [-0.1, -0.05) is 13.3 Å². The fourth-order valence-electron chi connectivity index (χ4n) is 1.54. The Morgan fingerprint density at radius 3 is 2.71 bits per heavy atom. The molecular weight excluding hydrogens is 194 g/mol. The molecule has 3 nitrogen and oxygen atoms in total. The molecule has 0 bridgehead atoms. The molecule has 1 aliphatic carbocycles. The van der Waals surface area contributed by atoms with Gasteiger partial charge in [-0.15, -0.1) is 0 Å². The number of nitrogens with zero attached hydrogens (tertiary/aromatic N) is 1. The number of rotatable bonds is 5. The summed E-state index contributed by atoms with van der Waals surface area (Å²) < 4.78 is 0.401. The van der Waals surface area contributed by atoms with Gasteiger partial charge in [0, 0.05) is 11.3 Å². The second kappa shape index (κ2) is 5.49. The van der Waals surface area contributed by atoms with Crippen LogP contribution in [0.25, 0.3) is 0 Å². The number of hydrogen-bond acceptors (Lipinski definition) is 2. The van der Waals surface area contributed by atoms with Crippen LogP contribution in [0.2, 0.25) is 0 Å². The van der Waals surface area contributed by atoms with Crippen LogP contribution >= 0.6 is 11.8 Å². The monoisotopic (exact) mass is 215 g/mol. The van der Waals surface area contributed by atoms with Crippen molar-refractivity contribution in [2.45, 2.75) is 37.4 Å². The predicted octanol–water partition coefficient (Wildman–Crippen LogP) is 1.59. The standard InChI is InChI=1S/C10H21N3S/c1-3-7-12-9(11)13-8-10(14-2)5-4-6-10/h3-8H2,1-2H3,(H3,11,12,13). The first-order valence-corrected chi connectivity index (χ1v) is 6.54. The molecule has 1 fully saturated rings. The van der Waals surface area contributed by atoms with E-state index in [-0.39, 0.29) is 0 Å². The molecule has 0 aliphatic heterocycles. The van der Waals surface area contributed by atoms with Gasteiger partial charge in [0.2, 0.25) is 0 Å². The summed E-state index contributed by atoms with van der Waals surface area (Å²) in [5.74, 6) is 0.604. The lowest BCUT2D eigenvalue weighted by Gasteiger charge is -2.39. The Morgan fingerprint density at radius 2 is 2.29 bits per heavy atom. The van der Waals surface area contributed by atoms with Crippen LogP contribution in [0.4, 0.5) is 0 Å². The van der Waals surface area contributed by atoms with Crippen LogP contribution in [-0.4, -0.2) is 30.1 Å². The normalized spacial score (nSPS) is 20.3. The van der Waals surface area contributed by atoms with Crippen LogP contribution in [0, 0.1) is 0 Å². The van der Waals surface area contributed by atoms with Crippen LogP contribution in [-0.2, 0) is 0 Å². The Bertz CT molecular complexity index is 194. The zero-order chi connectivity index (χ0) is 10.4. The highest BCUT2D eigenvalue weighted by molar-refractivity contribution is 8.00. The van der Waals surface area contributed by atoms with Crippen LogP contribution in [0.1, 0.15) is 32.6 Å². The van der Waals surface area contributed by atoms with E-state index < -0.39 is 0 Å². The van der Waals surface area contributed by atoms with E-state index in [2.05, 4.69) is 23.5 Å². The van der Waals surface area contributed by atoms with Crippen molar-refractivity contribution in [3.63, 3.8) is 0 Å². The molecule has 0 saturated heterocycles. The van der Waals surface area contributed by atoms with Gasteiger partial charge in [0.1, 0.15) is 0 Å². The fourth-order valence-corrected chi connectivity index (χ4v) is 2.43. The van der Waals surface area contributed by atoms with Crippen molar-refractivity contribution >= 4 is 17.7 Å². The Kier molecular flexibility index (Phi) is 4.58. The van der Waals surface area contributed by atoms with E-state index in [1.54, 1.807) is 0 Å². The summed E-state index contributed by atoms with van der Waals surface area (Å²) in [6.07, 6.45) is 7.18. The molecule has 1 rings (SSSR count). The second-order valence-corrected chi connectivity index (χ2v) is 5.14. The third kappa shape index (κ3) is 3.08. The van der Waals surface area contributed by atoms with E-state index in [1.165, 1.54) is 19.3 Å². The van der Waals surface area contributed by atoms with E-state index in [4.69, 9.17) is 5.73 Å². The first-order chi connectivity index (χ1) is 6.72. The van der Waals surface area contributed by atoms with Gasteiger partial charge < -0.3 is 11.1 Å². The highest BCUT2D eigenvalue weighted by Crippen LogP contribution is 2.42. The van der Waals surface area contributed by atoms with Gasteiger partial charge in [-0.05, 0) is 25.5 Å². The minimum absolute atomic E-state index is 0.401. The lowest BCUT2D eigenvalue weighted by atomic mass is 9.84. The molecule has 0 amide bonds. The van der Waals surface area contributed by atoms with Gasteiger partial charge in [0.25, 0.3) is 0 Å². The molecule has 0 aromatic heterocycles. The van der Waals surface area contributed by atoms with Crippen LogP contribution < -0.4 is 11.1 Å². The summed E-state index contributed by atoms with van der Waals surface area (Å²) in [5, 5.41) is 3.10. The minimum atomic E-state index is 0.401. The maximum atomic E-state index is 5.73. The van der Waals surface area contributed by atoms with Gasteiger partial charge in [-0.25, -0.2) is 0 Å². The molecule has 0 aromatic carbocycles. The summed E-state index contributed by atoms with van der Waals surface area (Å²) in [6.45, 7) is 3.91. The zero-order valence-electron chi connectivity index (χ0n) is 9.18. The van der Waals surface area contributed by atoms with E-state index in [0.29, 0.717) is 10.7 Å². The van der Waals surface area contributed by atoms with Gasteiger partial charge in [-0.3, -0.25) is 4.99 Å². The number of aliphatic imine (C=N–C) groups is 1. The van der Waals surface area contributed by atoms with Crippen LogP contribution in [0.15, 0.2) is 4.99 Å². The van der Waals surface area contributed by atoms with E-state index in [9.17, 15) is 0 Å². The second-order valence-electron chi connectivity index (χ2n) is 3.87. The molecule has 0 aromatic rings. The van der Waals surface area contributed by atoms with Crippen LogP contribution in [0.5, 0.6) is 0 Å². The summed E-state index contributed by atoms with van der Waals surface area (Å²) in [4.78, 5) is 4.39. The van der Waals surface area contributed by atoms with E-state index in [0.717, 1.165) is 19.5 Å². The van der Waals surface area contributed by atoms with Gasteiger partial charge in [-0.2, -0.15) is 11.8 Å². The highest BCUT2D eigenvalue weighted by atomic mass is 32.2. The fraction of sp³-hybridized carbons (Fsp3) is 0.900. The largest absolute Gasteiger partial charge is 0.370 e. The molecule has 0 atom stereocenters. The maximum Gasteiger partial charge on any atom is 0.188 e. The van der Waals surface area contributed by atoms with Crippen molar-refractivity contribution in [2.75, 3.05) is 19.3 Å². The highest BCUT2D eigenvalue weighted by Gasteiger charge is 2.35. The Labute approximate surface area is 90.9 Å². The molecule has 0 unspecified atom stereocenters. The average molecular weight is 215 g/mol. The first kappa shape index (κ1) is 11.7. The number of guanidine groups is 1. The van der Waals surface area contributed by atoms with Crippen molar-refractivity contribution in [3.05, 3.63) is 0 Å². The van der Waals surface area contributed by atoms with Crippen molar-refractivity contribution in [1.82, 2.24) is 5.32 Å². The third-order valence-electron chi connectivity index (χ3n) is 2.79. The first-order valence-electron chi connectivity index (χ1n) is 5.31. The van der Waals surface area contributed by atoms with Crippen molar-refractivity contribution in [2.24, 2.45) is 10.7 Å². The third-order valence-corrected chi connectivity index (χ3v) is 4.19. The molecule has 0 radical (unpaired) electrons. The van der Waals surface area contributed by atoms with E-state index >= 15 is 0 Å². The van der Waals surface area contributed by atoms with Crippen molar-refractivity contribution < 1.29 is 0 Å². The number of nitrogens with one attached hydrogen (secondary N) is 1. The van der Waals surface area contributed by atoms with E-state index in [1.807, 2.05) is 11.8 Å². The molecule has 1 saturated carbocycles. The summed E-state index contributed by atoms with van der Waals surface area (Å²) in [6, 6.07) is 0.